The van der Waals surface area contributed by atoms with Crippen LogP contribution in [0.25, 0.3) is 0 Å². The Morgan fingerprint density at radius 3 is 2.42 bits per heavy atom. The molecule has 0 aliphatic rings. The summed E-state index contributed by atoms with van der Waals surface area (Å²) in [6, 6.07) is 8.72. The summed E-state index contributed by atoms with van der Waals surface area (Å²) in [6.07, 6.45) is 0.986. The van der Waals surface area contributed by atoms with Crippen molar-refractivity contribution in [1.29, 1.82) is 5.26 Å². The number of hydrogen-bond acceptors (Lipinski definition) is 3. The third kappa shape index (κ3) is 4.53. The molecule has 3 nitrogen and oxygen atoms in total. The van der Waals surface area contributed by atoms with E-state index in [2.05, 4.69) is 23.2 Å². The van der Waals surface area contributed by atoms with Crippen LogP contribution in [-0.2, 0) is 0 Å². The molecule has 0 amide bonds. The van der Waals surface area contributed by atoms with Gasteiger partial charge in [-0.1, -0.05) is 6.92 Å². The lowest BCUT2D eigenvalue weighted by Crippen LogP contribution is -2.50. The Bertz CT molecular complexity index is 424. The maximum atomic E-state index is 12.9. The summed E-state index contributed by atoms with van der Waals surface area (Å²) in [5.74, 6) is -0.244. The van der Waals surface area contributed by atoms with Gasteiger partial charge in [-0.25, -0.2) is 4.39 Å². The second-order valence-electron chi connectivity index (χ2n) is 4.86. The molecule has 0 heterocycles. The van der Waals surface area contributed by atoms with Crippen molar-refractivity contribution >= 4 is 5.69 Å². The van der Waals surface area contributed by atoms with Crippen LogP contribution in [0.5, 0.6) is 0 Å². The van der Waals surface area contributed by atoms with E-state index in [4.69, 9.17) is 0 Å². The standard InChI is InChI=1S/C15H22FN3/c1-4-10-18-15(3,11-17)12-19(5-2)14-8-6-13(16)7-9-14/h6-9,18H,4-5,10,12H2,1-3H3. The Balaban J connectivity index is 2.80. The van der Waals surface area contributed by atoms with E-state index < -0.39 is 5.54 Å². The molecule has 0 saturated carbocycles. The molecular weight excluding hydrogens is 241 g/mol. The molecule has 0 spiro atoms. The van der Waals surface area contributed by atoms with E-state index in [9.17, 15) is 9.65 Å². The monoisotopic (exact) mass is 263 g/mol. The lowest BCUT2D eigenvalue weighted by Gasteiger charge is -2.32. The van der Waals surface area contributed by atoms with Crippen LogP contribution < -0.4 is 10.2 Å². The van der Waals surface area contributed by atoms with Crippen LogP contribution in [-0.4, -0.2) is 25.2 Å². The number of anilines is 1. The highest BCUT2D eigenvalue weighted by molar-refractivity contribution is 5.47. The zero-order chi connectivity index (χ0) is 14.3. The molecule has 1 N–H and O–H groups in total. The molecule has 1 rings (SSSR count). The van der Waals surface area contributed by atoms with Crippen molar-refractivity contribution < 1.29 is 4.39 Å². The van der Waals surface area contributed by atoms with Crippen molar-refractivity contribution in [2.45, 2.75) is 32.7 Å². The topological polar surface area (TPSA) is 39.1 Å². The fourth-order valence-electron chi connectivity index (χ4n) is 1.95. The average Bonchev–Trinajstić information content (AvgIpc) is 2.44. The molecule has 0 saturated heterocycles. The molecule has 0 bridgehead atoms. The van der Waals surface area contributed by atoms with Crippen LogP contribution >= 0.6 is 0 Å². The van der Waals surface area contributed by atoms with E-state index in [0.29, 0.717) is 6.54 Å². The molecular formula is C15H22FN3. The third-order valence-electron chi connectivity index (χ3n) is 3.09. The Hall–Kier alpha value is -1.60. The van der Waals surface area contributed by atoms with Crippen molar-refractivity contribution in [1.82, 2.24) is 5.32 Å². The molecule has 0 fully saturated rings. The quantitative estimate of drug-likeness (QED) is 0.822. The minimum atomic E-state index is -0.597. The molecule has 104 valence electrons. The normalized spacial score (nSPS) is 13.6. The van der Waals surface area contributed by atoms with Crippen LogP contribution in [0.2, 0.25) is 0 Å². The summed E-state index contributed by atoms with van der Waals surface area (Å²) in [7, 11) is 0. The number of nitrogens with zero attached hydrogens (tertiary/aromatic N) is 2. The Morgan fingerprint density at radius 1 is 1.32 bits per heavy atom. The van der Waals surface area contributed by atoms with Gasteiger partial charge < -0.3 is 4.90 Å². The predicted octanol–water partition coefficient (Wildman–Crippen LogP) is 2.93. The Kier molecular flexibility index (Phi) is 5.78. The van der Waals surface area contributed by atoms with Crippen molar-refractivity contribution in [3.05, 3.63) is 30.1 Å². The molecule has 19 heavy (non-hydrogen) atoms. The van der Waals surface area contributed by atoms with Gasteiger partial charge >= 0.3 is 0 Å². The molecule has 0 aliphatic carbocycles. The molecule has 1 unspecified atom stereocenters. The van der Waals surface area contributed by atoms with E-state index in [1.807, 2.05) is 13.8 Å². The molecule has 1 aromatic rings. The largest absolute Gasteiger partial charge is 0.369 e. The number of halogens is 1. The fraction of sp³-hybridized carbons (Fsp3) is 0.533. The summed E-state index contributed by atoms with van der Waals surface area (Å²) in [5.41, 5.74) is 0.337. The van der Waals surface area contributed by atoms with Gasteiger partial charge in [0.1, 0.15) is 11.4 Å². The first-order valence-electron chi connectivity index (χ1n) is 6.71. The van der Waals surface area contributed by atoms with Gasteiger partial charge in [-0.15, -0.1) is 0 Å². The number of nitriles is 1. The van der Waals surface area contributed by atoms with E-state index in [1.165, 1.54) is 12.1 Å². The summed E-state index contributed by atoms with van der Waals surface area (Å²) in [6.45, 7) is 8.16. The number of likely N-dealkylation sites (N-methyl/N-ethyl adjacent to an activating group) is 1. The van der Waals surface area contributed by atoms with Gasteiger partial charge in [0.05, 0.1) is 6.07 Å². The second-order valence-corrected chi connectivity index (χ2v) is 4.86. The van der Waals surface area contributed by atoms with Gasteiger partial charge in [-0.3, -0.25) is 5.32 Å². The van der Waals surface area contributed by atoms with Gasteiger partial charge in [0.2, 0.25) is 0 Å². The van der Waals surface area contributed by atoms with E-state index in [1.54, 1.807) is 12.1 Å². The minimum Gasteiger partial charge on any atom is -0.369 e. The van der Waals surface area contributed by atoms with Crippen LogP contribution in [0.4, 0.5) is 10.1 Å². The van der Waals surface area contributed by atoms with Gasteiger partial charge in [-0.05, 0) is 51.1 Å². The van der Waals surface area contributed by atoms with Crippen molar-refractivity contribution in [3.63, 3.8) is 0 Å². The van der Waals surface area contributed by atoms with Gasteiger partial charge in [0, 0.05) is 18.8 Å². The second kappa shape index (κ2) is 7.10. The van der Waals surface area contributed by atoms with Crippen LogP contribution in [0.15, 0.2) is 24.3 Å². The summed E-state index contributed by atoms with van der Waals surface area (Å²) < 4.78 is 12.9. The third-order valence-corrected chi connectivity index (χ3v) is 3.09. The zero-order valence-electron chi connectivity index (χ0n) is 11.9. The summed E-state index contributed by atoms with van der Waals surface area (Å²) in [4.78, 5) is 2.07. The lowest BCUT2D eigenvalue weighted by molar-refractivity contribution is 0.444. The van der Waals surface area contributed by atoms with Gasteiger partial charge in [0.25, 0.3) is 0 Å². The molecule has 4 heteroatoms. The Labute approximate surface area is 115 Å². The molecule has 0 radical (unpaired) electrons. The lowest BCUT2D eigenvalue weighted by atomic mass is 10.0. The fourth-order valence-corrected chi connectivity index (χ4v) is 1.95. The van der Waals surface area contributed by atoms with E-state index in [-0.39, 0.29) is 5.82 Å². The smallest absolute Gasteiger partial charge is 0.123 e. The van der Waals surface area contributed by atoms with Crippen molar-refractivity contribution in [2.24, 2.45) is 0 Å². The van der Waals surface area contributed by atoms with E-state index in [0.717, 1.165) is 25.2 Å². The number of rotatable bonds is 7. The van der Waals surface area contributed by atoms with Crippen LogP contribution in [0, 0.1) is 17.1 Å². The number of hydrogen-bond donors (Lipinski definition) is 1. The van der Waals surface area contributed by atoms with Crippen LogP contribution in [0.1, 0.15) is 27.2 Å². The number of nitrogens with one attached hydrogen (secondary N) is 1. The SMILES string of the molecule is CCCNC(C)(C#N)CN(CC)c1ccc(F)cc1. The maximum Gasteiger partial charge on any atom is 0.123 e. The first kappa shape index (κ1) is 15.5. The first-order valence-corrected chi connectivity index (χ1v) is 6.71. The van der Waals surface area contributed by atoms with Gasteiger partial charge in [-0.2, -0.15) is 5.26 Å². The molecule has 1 aromatic carbocycles. The predicted molar refractivity (Wildman–Crippen MR) is 76.6 cm³/mol. The highest BCUT2D eigenvalue weighted by Gasteiger charge is 2.25. The number of benzene rings is 1. The Morgan fingerprint density at radius 2 is 1.95 bits per heavy atom. The van der Waals surface area contributed by atoms with Crippen molar-refractivity contribution in [2.75, 3.05) is 24.5 Å². The summed E-state index contributed by atoms with van der Waals surface area (Å²) >= 11 is 0. The average molecular weight is 263 g/mol. The molecule has 1 atom stereocenters. The molecule has 0 aliphatic heterocycles. The maximum absolute atomic E-state index is 12.9. The highest BCUT2D eigenvalue weighted by atomic mass is 19.1. The van der Waals surface area contributed by atoms with Crippen LogP contribution in [0.3, 0.4) is 0 Å². The minimum absolute atomic E-state index is 0.244. The van der Waals surface area contributed by atoms with E-state index >= 15 is 0 Å². The summed E-state index contributed by atoms with van der Waals surface area (Å²) in [5, 5.41) is 12.6. The first-order chi connectivity index (χ1) is 9.04. The zero-order valence-corrected chi connectivity index (χ0v) is 11.9. The van der Waals surface area contributed by atoms with Gasteiger partial charge in [0.15, 0.2) is 0 Å². The molecule has 0 aromatic heterocycles. The highest BCUT2D eigenvalue weighted by Crippen LogP contribution is 2.17. The van der Waals surface area contributed by atoms with Crippen molar-refractivity contribution in [3.8, 4) is 6.07 Å².